The summed E-state index contributed by atoms with van der Waals surface area (Å²) >= 11 is 0. The number of hydrogen-bond acceptors (Lipinski definition) is 3. The van der Waals surface area contributed by atoms with Crippen LogP contribution in [0.4, 0.5) is 0 Å². The Hall–Kier alpha value is -1.06. The van der Waals surface area contributed by atoms with Crippen molar-refractivity contribution in [2.75, 3.05) is 20.1 Å². The summed E-state index contributed by atoms with van der Waals surface area (Å²) in [6.45, 7) is 3.83. The quantitative estimate of drug-likeness (QED) is 0.840. The second-order valence-electron chi connectivity index (χ2n) is 5.00. The Balaban J connectivity index is 2.28. The zero-order valence-corrected chi connectivity index (χ0v) is 10.7. The molecule has 0 aliphatic carbocycles. The van der Waals surface area contributed by atoms with Gasteiger partial charge in [-0.25, -0.2) is 0 Å². The summed E-state index contributed by atoms with van der Waals surface area (Å²) in [6.07, 6.45) is 1.92. The molecule has 0 aromatic heterocycles. The summed E-state index contributed by atoms with van der Waals surface area (Å²) in [5, 5.41) is 10.3. The highest BCUT2D eigenvalue weighted by atomic mass is 16.3. The Labute approximate surface area is 103 Å². The standard InChI is InChI=1S/C14H22N2O/c1-3-11-5-4-6-12(14(11)17)13-7-10(8-15)9-16(13)2/h4-6,10,13,17H,3,7-9,15H2,1-2H3. The van der Waals surface area contributed by atoms with Crippen LogP contribution in [0.5, 0.6) is 5.75 Å². The van der Waals surface area contributed by atoms with Crippen molar-refractivity contribution in [3.8, 4) is 5.75 Å². The maximum atomic E-state index is 10.3. The highest BCUT2D eigenvalue weighted by molar-refractivity contribution is 5.42. The summed E-state index contributed by atoms with van der Waals surface area (Å²) in [5.41, 5.74) is 7.83. The minimum absolute atomic E-state index is 0.315. The van der Waals surface area contributed by atoms with E-state index < -0.39 is 0 Å². The number of phenolic OH excluding ortho intramolecular Hbond substituents is 1. The van der Waals surface area contributed by atoms with Gasteiger partial charge in [0.2, 0.25) is 0 Å². The van der Waals surface area contributed by atoms with Crippen molar-refractivity contribution >= 4 is 0 Å². The second kappa shape index (κ2) is 5.07. The molecule has 0 radical (unpaired) electrons. The molecule has 1 saturated heterocycles. The number of rotatable bonds is 3. The SMILES string of the molecule is CCc1cccc(C2CC(CN)CN2C)c1O. The monoisotopic (exact) mass is 234 g/mol. The Morgan fingerprint density at radius 2 is 2.24 bits per heavy atom. The summed E-state index contributed by atoms with van der Waals surface area (Å²) in [4.78, 5) is 2.30. The topological polar surface area (TPSA) is 49.5 Å². The first kappa shape index (κ1) is 12.4. The maximum absolute atomic E-state index is 10.3. The van der Waals surface area contributed by atoms with E-state index in [1.165, 1.54) is 0 Å². The Bertz CT molecular complexity index is 392. The van der Waals surface area contributed by atoms with Gasteiger partial charge in [0.25, 0.3) is 0 Å². The number of benzene rings is 1. The molecular formula is C14H22N2O. The molecule has 94 valence electrons. The Morgan fingerprint density at radius 1 is 1.47 bits per heavy atom. The van der Waals surface area contributed by atoms with E-state index in [-0.39, 0.29) is 0 Å². The molecule has 17 heavy (non-hydrogen) atoms. The van der Waals surface area contributed by atoms with Crippen LogP contribution >= 0.6 is 0 Å². The number of phenols is 1. The average molecular weight is 234 g/mol. The number of hydrogen-bond donors (Lipinski definition) is 2. The smallest absolute Gasteiger partial charge is 0.123 e. The zero-order chi connectivity index (χ0) is 12.4. The summed E-state index contributed by atoms with van der Waals surface area (Å²) in [5.74, 6) is 1.03. The molecule has 1 heterocycles. The van der Waals surface area contributed by atoms with E-state index in [0.29, 0.717) is 17.7 Å². The molecule has 2 rings (SSSR count). The first-order valence-electron chi connectivity index (χ1n) is 6.38. The second-order valence-corrected chi connectivity index (χ2v) is 5.00. The molecule has 0 bridgehead atoms. The predicted octanol–water partition coefficient (Wildman–Crippen LogP) is 1.91. The van der Waals surface area contributed by atoms with Gasteiger partial charge >= 0.3 is 0 Å². The van der Waals surface area contributed by atoms with Gasteiger partial charge in [0.15, 0.2) is 0 Å². The number of aromatic hydroxyl groups is 1. The van der Waals surface area contributed by atoms with Gasteiger partial charge in [0.1, 0.15) is 5.75 Å². The van der Waals surface area contributed by atoms with Crippen LogP contribution in [-0.4, -0.2) is 30.1 Å². The molecule has 2 atom stereocenters. The Morgan fingerprint density at radius 3 is 2.82 bits per heavy atom. The third-order valence-electron chi connectivity index (χ3n) is 3.86. The molecule has 1 aromatic carbocycles. The van der Waals surface area contributed by atoms with Crippen LogP contribution in [-0.2, 0) is 6.42 Å². The van der Waals surface area contributed by atoms with Crippen molar-refractivity contribution in [2.45, 2.75) is 25.8 Å². The van der Waals surface area contributed by atoms with Gasteiger partial charge in [0.05, 0.1) is 0 Å². The number of nitrogens with zero attached hydrogens (tertiary/aromatic N) is 1. The van der Waals surface area contributed by atoms with E-state index in [9.17, 15) is 5.11 Å². The van der Waals surface area contributed by atoms with Crippen molar-refractivity contribution in [2.24, 2.45) is 11.7 Å². The summed E-state index contributed by atoms with van der Waals surface area (Å²) in [7, 11) is 2.11. The Kier molecular flexibility index (Phi) is 3.69. The first-order chi connectivity index (χ1) is 8.17. The third-order valence-corrected chi connectivity index (χ3v) is 3.86. The summed E-state index contributed by atoms with van der Waals surface area (Å²) in [6, 6.07) is 6.38. The van der Waals surface area contributed by atoms with Gasteiger partial charge < -0.3 is 10.8 Å². The molecule has 3 N–H and O–H groups in total. The van der Waals surface area contributed by atoms with Gasteiger partial charge in [-0.05, 0) is 37.9 Å². The van der Waals surface area contributed by atoms with Crippen LogP contribution < -0.4 is 5.73 Å². The van der Waals surface area contributed by atoms with Crippen LogP contribution in [0.25, 0.3) is 0 Å². The van der Waals surface area contributed by atoms with Crippen LogP contribution in [0.2, 0.25) is 0 Å². The lowest BCUT2D eigenvalue weighted by atomic mass is 9.96. The number of para-hydroxylation sites is 1. The lowest BCUT2D eigenvalue weighted by Gasteiger charge is -2.21. The van der Waals surface area contributed by atoms with Gasteiger partial charge in [-0.2, -0.15) is 0 Å². The number of nitrogens with two attached hydrogens (primary N) is 1. The van der Waals surface area contributed by atoms with E-state index in [0.717, 1.165) is 37.1 Å². The fourth-order valence-electron chi connectivity index (χ4n) is 2.81. The molecule has 1 fully saturated rings. The molecule has 1 aliphatic rings. The highest BCUT2D eigenvalue weighted by Gasteiger charge is 2.31. The highest BCUT2D eigenvalue weighted by Crippen LogP contribution is 2.39. The van der Waals surface area contributed by atoms with Crippen molar-refractivity contribution in [3.63, 3.8) is 0 Å². The summed E-state index contributed by atoms with van der Waals surface area (Å²) < 4.78 is 0. The zero-order valence-electron chi connectivity index (χ0n) is 10.7. The molecule has 3 nitrogen and oxygen atoms in total. The van der Waals surface area contributed by atoms with E-state index in [1.807, 2.05) is 18.2 Å². The van der Waals surface area contributed by atoms with Gasteiger partial charge in [-0.15, -0.1) is 0 Å². The fraction of sp³-hybridized carbons (Fsp3) is 0.571. The minimum Gasteiger partial charge on any atom is -0.507 e. The molecule has 3 heteroatoms. The minimum atomic E-state index is 0.315. The van der Waals surface area contributed by atoms with E-state index in [2.05, 4.69) is 18.9 Å². The van der Waals surface area contributed by atoms with Crippen LogP contribution in [0, 0.1) is 5.92 Å². The molecule has 0 saturated carbocycles. The largest absolute Gasteiger partial charge is 0.507 e. The maximum Gasteiger partial charge on any atom is 0.123 e. The lowest BCUT2D eigenvalue weighted by Crippen LogP contribution is -2.20. The van der Waals surface area contributed by atoms with Gasteiger partial charge in [0, 0.05) is 18.2 Å². The third kappa shape index (κ3) is 2.31. The van der Waals surface area contributed by atoms with Gasteiger partial charge in [-0.1, -0.05) is 25.1 Å². The van der Waals surface area contributed by atoms with Crippen molar-refractivity contribution in [3.05, 3.63) is 29.3 Å². The average Bonchev–Trinajstić information content (AvgIpc) is 2.71. The molecule has 0 amide bonds. The number of aryl methyl sites for hydroxylation is 1. The van der Waals surface area contributed by atoms with Crippen molar-refractivity contribution < 1.29 is 5.11 Å². The van der Waals surface area contributed by atoms with E-state index in [1.54, 1.807) is 0 Å². The molecule has 2 unspecified atom stereocenters. The fourth-order valence-corrected chi connectivity index (χ4v) is 2.81. The van der Waals surface area contributed by atoms with Crippen LogP contribution in [0.3, 0.4) is 0 Å². The van der Waals surface area contributed by atoms with Crippen LogP contribution in [0.1, 0.15) is 30.5 Å². The van der Waals surface area contributed by atoms with Crippen molar-refractivity contribution in [1.82, 2.24) is 4.90 Å². The van der Waals surface area contributed by atoms with E-state index >= 15 is 0 Å². The first-order valence-corrected chi connectivity index (χ1v) is 6.38. The van der Waals surface area contributed by atoms with Crippen LogP contribution in [0.15, 0.2) is 18.2 Å². The molecular weight excluding hydrogens is 212 g/mol. The predicted molar refractivity (Wildman–Crippen MR) is 70.0 cm³/mol. The normalized spacial score (nSPS) is 25.4. The lowest BCUT2D eigenvalue weighted by molar-refractivity contribution is 0.305. The molecule has 1 aliphatic heterocycles. The van der Waals surface area contributed by atoms with Gasteiger partial charge in [-0.3, -0.25) is 4.90 Å². The van der Waals surface area contributed by atoms with Crippen molar-refractivity contribution in [1.29, 1.82) is 0 Å². The van der Waals surface area contributed by atoms with E-state index in [4.69, 9.17) is 5.73 Å². The number of likely N-dealkylation sites (tertiary alicyclic amines) is 1. The molecule has 0 spiro atoms. The molecule has 1 aromatic rings.